The molecule has 5 heteroatoms. The summed E-state index contributed by atoms with van der Waals surface area (Å²) in [6.07, 6.45) is 3.50. The van der Waals surface area contributed by atoms with Gasteiger partial charge in [-0.25, -0.2) is 0 Å². The summed E-state index contributed by atoms with van der Waals surface area (Å²) >= 11 is 6.19. The van der Waals surface area contributed by atoms with E-state index in [9.17, 15) is 0 Å². The Kier molecular flexibility index (Phi) is 5.68. The molecule has 110 valence electrons. The van der Waals surface area contributed by atoms with Gasteiger partial charge >= 0.3 is 0 Å². The maximum absolute atomic E-state index is 6.19. The molecule has 0 spiro atoms. The average molecular weight is 296 g/mol. The third kappa shape index (κ3) is 3.87. The van der Waals surface area contributed by atoms with Crippen LogP contribution in [0.3, 0.4) is 0 Å². The molecule has 1 fully saturated rings. The minimum absolute atomic E-state index is 0.160. The zero-order valence-electron chi connectivity index (χ0n) is 11.9. The molecule has 1 heterocycles. The lowest BCUT2D eigenvalue weighted by Crippen LogP contribution is -2.41. The molecule has 1 saturated heterocycles. The average Bonchev–Trinajstić information content (AvgIpc) is 2.50. The van der Waals surface area contributed by atoms with Gasteiger partial charge in [-0.1, -0.05) is 29.8 Å². The third-order valence-electron chi connectivity index (χ3n) is 3.64. The Bertz CT molecular complexity index is 458. The van der Waals surface area contributed by atoms with Crippen molar-refractivity contribution < 1.29 is 4.74 Å². The Morgan fingerprint density at radius 3 is 2.70 bits per heavy atom. The molecule has 20 heavy (non-hydrogen) atoms. The Hall–Kier alpha value is -1.26. The van der Waals surface area contributed by atoms with E-state index in [-0.39, 0.29) is 6.10 Å². The molecule has 1 atom stereocenters. The first-order valence-electron chi connectivity index (χ1n) is 7.04. The lowest BCUT2D eigenvalue weighted by Gasteiger charge is -2.27. The number of hydrogen-bond donors (Lipinski definition) is 1. The quantitative estimate of drug-likeness (QED) is 0.686. The van der Waals surface area contributed by atoms with E-state index in [1.54, 1.807) is 7.11 Å². The molecule has 1 unspecified atom stereocenters. The van der Waals surface area contributed by atoms with Crippen LogP contribution in [-0.2, 0) is 4.74 Å². The van der Waals surface area contributed by atoms with Crippen molar-refractivity contribution in [1.82, 2.24) is 4.90 Å². The van der Waals surface area contributed by atoms with Crippen LogP contribution >= 0.6 is 11.6 Å². The van der Waals surface area contributed by atoms with Crippen LogP contribution in [0.1, 0.15) is 30.9 Å². The number of rotatable bonds is 4. The van der Waals surface area contributed by atoms with Crippen LogP contribution in [0, 0.1) is 0 Å². The van der Waals surface area contributed by atoms with Crippen molar-refractivity contribution in [2.45, 2.75) is 25.4 Å². The highest BCUT2D eigenvalue weighted by Crippen LogP contribution is 2.25. The van der Waals surface area contributed by atoms with Crippen molar-refractivity contribution in [3.63, 3.8) is 0 Å². The molecule has 0 aliphatic carbocycles. The van der Waals surface area contributed by atoms with Gasteiger partial charge in [0.1, 0.15) is 6.10 Å². The van der Waals surface area contributed by atoms with Gasteiger partial charge in [0.2, 0.25) is 0 Å². The number of methoxy groups -OCH3 is 1. The Morgan fingerprint density at radius 1 is 1.35 bits per heavy atom. The SMILES string of the molecule is COC(CN=C(N)N1CCCCC1)c1ccccc1Cl. The molecule has 2 N–H and O–H groups in total. The van der Waals surface area contributed by atoms with E-state index in [1.165, 1.54) is 19.3 Å². The lowest BCUT2D eigenvalue weighted by atomic mass is 10.1. The van der Waals surface area contributed by atoms with Crippen LogP contribution < -0.4 is 5.73 Å². The maximum atomic E-state index is 6.19. The van der Waals surface area contributed by atoms with E-state index < -0.39 is 0 Å². The number of nitrogens with zero attached hydrogens (tertiary/aromatic N) is 2. The summed E-state index contributed by atoms with van der Waals surface area (Å²) in [4.78, 5) is 6.61. The predicted octanol–water partition coefficient (Wildman–Crippen LogP) is 2.83. The molecule has 1 aliphatic heterocycles. The number of ether oxygens (including phenoxy) is 1. The van der Waals surface area contributed by atoms with Gasteiger partial charge in [-0.3, -0.25) is 4.99 Å². The van der Waals surface area contributed by atoms with Crippen molar-refractivity contribution in [3.8, 4) is 0 Å². The number of aliphatic imine (C=N–C) groups is 1. The van der Waals surface area contributed by atoms with Gasteiger partial charge in [-0.2, -0.15) is 0 Å². The standard InChI is InChI=1S/C15H22ClN3O/c1-20-14(12-7-3-4-8-13(12)16)11-18-15(17)19-9-5-2-6-10-19/h3-4,7-8,14H,2,5-6,9-11H2,1H3,(H2,17,18). The summed E-state index contributed by atoms with van der Waals surface area (Å²) in [6, 6.07) is 7.68. The molecule has 0 radical (unpaired) electrons. The van der Waals surface area contributed by atoms with Gasteiger partial charge in [0, 0.05) is 30.8 Å². The second-order valence-corrected chi connectivity index (χ2v) is 5.40. The van der Waals surface area contributed by atoms with Gasteiger partial charge in [0.05, 0.1) is 6.54 Å². The van der Waals surface area contributed by atoms with Crippen LogP contribution in [0.2, 0.25) is 5.02 Å². The first-order chi connectivity index (χ1) is 9.72. The number of piperidine rings is 1. The smallest absolute Gasteiger partial charge is 0.191 e. The summed E-state index contributed by atoms with van der Waals surface area (Å²) in [5.74, 6) is 0.610. The van der Waals surface area contributed by atoms with Crippen LogP contribution in [0.4, 0.5) is 0 Å². The molecule has 0 aromatic heterocycles. The molecule has 0 saturated carbocycles. The Balaban J connectivity index is 2.01. The second-order valence-electron chi connectivity index (χ2n) is 4.99. The molecular weight excluding hydrogens is 274 g/mol. The van der Waals surface area contributed by atoms with Gasteiger partial charge in [0.25, 0.3) is 0 Å². The molecule has 2 rings (SSSR count). The number of guanidine groups is 1. The second kappa shape index (κ2) is 7.50. The molecule has 0 amide bonds. The van der Waals surface area contributed by atoms with Crippen molar-refractivity contribution in [2.24, 2.45) is 10.7 Å². The molecule has 4 nitrogen and oxygen atoms in total. The van der Waals surface area contributed by atoms with Crippen molar-refractivity contribution >= 4 is 17.6 Å². The lowest BCUT2D eigenvalue weighted by molar-refractivity contribution is 0.110. The van der Waals surface area contributed by atoms with Crippen molar-refractivity contribution in [3.05, 3.63) is 34.9 Å². The topological polar surface area (TPSA) is 50.9 Å². The highest BCUT2D eigenvalue weighted by atomic mass is 35.5. The van der Waals surface area contributed by atoms with Crippen molar-refractivity contribution in [2.75, 3.05) is 26.7 Å². The largest absolute Gasteiger partial charge is 0.375 e. The molecule has 1 aromatic rings. The zero-order chi connectivity index (χ0) is 14.4. The van der Waals surface area contributed by atoms with E-state index in [2.05, 4.69) is 9.89 Å². The number of nitrogens with two attached hydrogens (primary N) is 1. The summed E-state index contributed by atoms with van der Waals surface area (Å²) in [5, 5.41) is 0.700. The predicted molar refractivity (Wildman–Crippen MR) is 83.1 cm³/mol. The Morgan fingerprint density at radius 2 is 2.05 bits per heavy atom. The molecule has 1 aliphatic rings. The minimum atomic E-state index is -0.160. The fourth-order valence-corrected chi connectivity index (χ4v) is 2.69. The van der Waals surface area contributed by atoms with E-state index in [0.29, 0.717) is 17.5 Å². The van der Waals surface area contributed by atoms with Gasteiger partial charge in [0.15, 0.2) is 5.96 Å². The van der Waals surface area contributed by atoms with Crippen molar-refractivity contribution in [1.29, 1.82) is 0 Å². The first-order valence-corrected chi connectivity index (χ1v) is 7.42. The fraction of sp³-hybridized carbons (Fsp3) is 0.533. The summed E-state index contributed by atoms with van der Waals surface area (Å²) in [7, 11) is 1.67. The zero-order valence-corrected chi connectivity index (χ0v) is 12.6. The monoisotopic (exact) mass is 295 g/mol. The van der Waals surface area contributed by atoms with Crippen LogP contribution in [-0.4, -0.2) is 37.6 Å². The van der Waals surface area contributed by atoms with E-state index in [4.69, 9.17) is 22.1 Å². The number of hydrogen-bond acceptors (Lipinski definition) is 2. The highest BCUT2D eigenvalue weighted by molar-refractivity contribution is 6.31. The maximum Gasteiger partial charge on any atom is 0.191 e. The fourth-order valence-electron chi connectivity index (χ4n) is 2.44. The first kappa shape index (κ1) is 15.1. The summed E-state index contributed by atoms with van der Waals surface area (Å²) in [5.41, 5.74) is 7.01. The van der Waals surface area contributed by atoms with Gasteiger partial charge in [-0.15, -0.1) is 0 Å². The Labute approximate surface area is 125 Å². The van der Waals surface area contributed by atoms with Crippen LogP contribution in [0.5, 0.6) is 0 Å². The third-order valence-corrected chi connectivity index (χ3v) is 3.98. The van der Waals surface area contributed by atoms with Crippen LogP contribution in [0.25, 0.3) is 0 Å². The van der Waals surface area contributed by atoms with Gasteiger partial charge in [-0.05, 0) is 25.3 Å². The summed E-state index contributed by atoms with van der Waals surface area (Å²) < 4.78 is 5.49. The minimum Gasteiger partial charge on any atom is -0.375 e. The molecule has 1 aromatic carbocycles. The number of likely N-dealkylation sites (tertiary alicyclic amines) is 1. The van der Waals surface area contributed by atoms with Gasteiger partial charge < -0.3 is 15.4 Å². The highest BCUT2D eigenvalue weighted by Gasteiger charge is 2.15. The number of benzene rings is 1. The molecular formula is C15H22ClN3O. The number of halogens is 1. The van der Waals surface area contributed by atoms with E-state index >= 15 is 0 Å². The van der Waals surface area contributed by atoms with E-state index in [1.807, 2.05) is 24.3 Å². The van der Waals surface area contributed by atoms with Crippen LogP contribution in [0.15, 0.2) is 29.3 Å². The summed E-state index contributed by atoms with van der Waals surface area (Å²) in [6.45, 7) is 2.49. The van der Waals surface area contributed by atoms with E-state index in [0.717, 1.165) is 18.7 Å². The molecule has 0 bridgehead atoms. The normalized spacial score (nSPS) is 18.1.